The summed E-state index contributed by atoms with van der Waals surface area (Å²) >= 11 is 0. The van der Waals surface area contributed by atoms with Crippen LogP contribution in [-0.2, 0) is 4.74 Å². The van der Waals surface area contributed by atoms with Crippen LogP contribution in [-0.4, -0.2) is 12.7 Å². The van der Waals surface area contributed by atoms with Crippen LogP contribution >= 0.6 is 0 Å². The molecule has 0 aromatic carbocycles. The van der Waals surface area contributed by atoms with Crippen molar-refractivity contribution in [2.45, 2.75) is 46.1 Å². The van der Waals surface area contributed by atoms with E-state index in [-0.39, 0.29) is 0 Å². The zero-order chi connectivity index (χ0) is 9.42. The van der Waals surface area contributed by atoms with E-state index in [1.54, 1.807) is 0 Å². The molecule has 13 heavy (non-hydrogen) atoms. The van der Waals surface area contributed by atoms with Crippen LogP contribution < -0.4 is 0 Å². The molecule has 1 nitrogen and oxygen atoms in total. The van der Waals surface area contributed by atoms with Crippen LogP contribution in [0.4, 0.5) is 0 Å². The van der Waals surface area contributed by atoms with E-state index in [2.05, 4.69) is 20.8 Å². The summed E-state index contributed by atoms with van der Waals surface area (Å²) in [5.41, 5.74) is 0. The first-order chi connectivity index (χ1) is 6.25. The van der Waals surface area contributed by atoms with Gasteiger partial charge in [-0.15, -0.1) is 0 Å². The molecular formula is C12H22O. The summed E-state index contributed by atoms with van der Waals surface area (Å²) in [5.74, 6) is 3.89. The lowest BCUT2D eigenvalue weighted by Crippen LogP contribution is -2.13. The normalized spacial score (nSPS) is 45.5. The second kappa shape index (κ2) is 3.61. The average Bonchev–Trinajstić information content (AvgIpc) is 2.80. The van der Waals surface area contributed by atoms with Crippen LogP contribution in [0.3, 0.4) is 0 Å². The van der Waals surface area contributed by atoms with Crippen molar-refractivity contribution >= 4 is 0 Å². The Morgan fingerprint density at radius 2 is 2.15 bits per heavy atom. The zero-order valence-electron chi connectivity index (χ0n) is 9.12. The van der Waals surface area contributed by atoms with Crippen molar-refractivity contribution in [1.29, 1.82) is 0 Å². The molecule has 0 spiro atoms. The predicted octanol–water partition coefficient (Wildman–Crippen LogP) is 3.09. The van der Waals surface area contributed by atoms with Crippen LogP contribution in [0.2, 0.25) is 0 Å². The molecule has 2 rings (SSSR count). The quantitative estimate of drug-likeness (QED) is 0.651. The molecular weight excluding hydrogens is 160 g/mol. The molecule has 0 N–H and O–H groups in total. The maximum atomic E-state index is 5.71. The van der Waals surface area contributed by atoms with Gasteiger partial charge in [0.05, 0.1) is 6.10 Å². The summed E-state index contributed by atoms with van der Waals surface area (Å²) in [6.45, 7) is 7.67. The molecule has 2 saturated carbocycles. The standard InChI is InChI=1S/C12H22O/c1-4-13-9(3)12-10-7-5-6-8(2)11(10)12/h8-12H,4-7H2,1-3H3. The molecule has 0 aromatic heterocycles. The predicted molar refractivity (Wildman–Crippen MR) is 54.6 cm³/mol. The largest absolute Gasteiger partial charge is 0.378 e. The van der Waals surface area contributed by atoms with Gasteiger partial charge >= 0.3 is 0 Å². The molecule has 2 aliphatic carbocycles. The van der Waals surface area contributed by atoms with Crippen molar-refractivity contribution in [2.75, 3.05) is 6.61 Å². The minimum atomic E-state index is 0.514. The monoisotopic (exact) mass is 182 g/mol. The van der Waals surface area contributed by atoms with E-state index in [1.165, 1.54) is 19.3 Å². The minimum absolute atomic E-state index is 0.514. The Bertz CT molecular complexity index is 178. The third-order valence-corrected chi connectivity index (χ3v) is 4.12. The maximum absolute atomic E-state index is 5.71. The van der Waals surface area contributed by atoms with E-state index in [0.29, 0.717) is 6.10 Å². The van der Waals surface area contributed by atoms with E-state index in [9.17, 15) is 0 Å². The van der Waals surface area contributed by atoms with Crippen molar-refractivity contribution < 1.29 is 4.74 Å². The molecule has 1 heteroatoms. The summed E-state index contributed by atoms with van der Waals surface area (Å²) in [6.07, 6.45) is 4.89. The lowest BCUT2D eigenvalue weighted by molar-refractivity contribution is 0.0528. The number of ether oxygens (including phenoxy) is 1. The Balaban J connectivity index is 1.89. The molecule has 5 atom stereocenters. The fraction of sp³-hybridized carbons (Fsp3) is 1.00. The van der Waals surface area contributed by atoms with Crippen LogP contribution in [0, 0.1) is 23.7 Å². The highest BCUT2D eigenvalue weighted by Gasteiger charge is 2.56. The van der Waals surface area contributed by atoms with Gasteiger partial charge in [0, 0.05) is 6.61 Å². The van der Waals surface area contributed by atoms with Gasteiger partial charge in [0.1, 0.15) is 0 Å². The average molecular weight is 182 g/mol. The SMILES string of the molecule is CCOC(C)C1C2CCCC(C)C21. The van der Waals surface area contributed by atoms with Crippen LogP contribution in [0.15, 0.2) is 0 Å². The van der Waals surface area contributed by atoms with Crippen molar-refractivity contribution in [3.05, 3.63) is 0 Å². The molecule has 0 radical (unpaired) electrons. The van der Waals surface area contributed by atoms with Gasteiger partial charge in [-0.05, 0) is 43.9 Å². The van der Waals surface area contributed by atoms with Crippen molar-refractivity contribution in [3.8, 4) is 0 Å². The topological polar surface area (TPSA) is 9.23 Å². The van der Waals surface area contributed by atoms with Crippen LogP contribution in [0.5, 0.6) is 0 Å². The lowest BCUT2D eigenvalue weighted by Gasteiger charge is -2.15. The maximum Gasteiger partial charge on any atom is 0.0580 e. The molecule has 0 aromatic rings. The molecule has 0 heterocycles. The Labute approximate surface area is 81.9 Å². The van der Waals surface area contributed by atoms with Gasteiger partial charge in [-0.3, -0.25) is 0 Å². The Morgan fingerprint density at radius 3 is 2.77 bits per heavy atom. The van der Waals surface area contributed by atoms with E-state index in [4.69, 9.17) is 4.74 Å². The van der Waals surface area contributed by atoms with E-state index in [1.807, 2.05) is 0 Å². The third-order valence-electron chi connectivity index (χ3n) is 4.12. The van der Waals surface area contributed by atoms with Gasteiger partial charge in [-0.25, -0.2) is 0 Å². The van der Waals surface area contributed by atoms with Gasteiger partial charge in [-0.2, -0.15) is 0 Å². The Kier molecular flexibility index (Phi) is 2.64. The number of fused-ring (bicyclic) bond motifs is 1. The van der Waals surface area contributed by atoms with Crippen LogP contribution in [0.25, 0.3) is 0 Å². The van der Waals surface area contributed by atoms with Gasteiger partial charge in [0.25, 0.3) is 0 Å². The van der Waals surface area contributed by atoms with Gasteiger partial charge in [-0.1, -0.05) is 19.8 Å². The first-order valence-electron chi connectivity index (χ1n) is 5.87. The first-order valence-corrected chi connectivity index (χ1v) is 5.87. The number of hydrogen-bond acceptors (Lipinski definition) is 1. The summed E-state index contributed by atoms with van der Waals surface area (Å²) in [7, 11) is 0. The fourth-order valence-electron chi connectivity index (χ4n) is 3.52. The second-order valence-corrected chi connectivity index (χ2v) is 4.89. The van der Waals surface area contributed by atoms with Crippen molar-refractivity contribution in [2.24, 2.45) is 23.7 Å². The van der Waals surface area contributed by atoms with E-state index in [0.717, 1.165) is 30.3 Å². The molecule has 2 aliphatic rings. The molecule has 5 unspecified atom stereocenters. The Hall–Kier alpha value is -0.0400. The van der Waals surface area contributed by atoms with Gasteiger partial charge in [0.15, 0.2) is 0 Å². The van der Waals surface area contributed by atoms with Gasteiger partial charge in [0.2, 0.25) is 0 Å². The highest BCUT2D eigenvalue weighted by Crippen LogP contribution is 2.59. The molecule has 76 valence electrons. The van der Waals surface area contributed by atoms with Crippen molar-refractivity contribution in [1.82, 2.24) is 0 Å². The zero-order valence-corrected chi connectivity index (χ0v) is 9.12. The first kappa shape index (κ1) is 9.51. The Morgan fingerprint density at radius 1 is 1.38 bits per heavy atom. The second-order valence-electron chi connectivity index (χ2n) is 4.89. The molecule has 0 saturated heterocycles. The fourth-order valence-corrected chi connectivity index (χ4v) is 3.52. The summed E-state index contributed by atoms with van der Waals surface area (Å²) < 4.78 is 5.71. The molecule has 2 fully saturated rings. The highest BCUT2D eigenvalue weighted by atomic mass is 16.5. The summed E-state index contributed by atoms with van der Waals surface area (Å²) in [5, 5.41) is 0. The van der Waals surface area contributed by atoms with Crippen LogP contribution in [0.1, 0.15) is 40.0 Å². The van der Waals surface area contributed by atoms with Crippen molar-refractivity contribution in [3.63, 3.8) is 0 Å². The minimum Gasteiger partial charge on any atom is -0.378 e. The molecule has 0 aliphatic heterocycles. The number of rotatable bonds is 3. The van der Waals surface area contributed by atoms with Gasteiger partial charge < -0.3 is 4.74 Å². The highest BCUT2D eigenvalue weighted by molar-refractivity contribution is 5.04. The molecule has 0 amide bonds. The van der Waals surface area contributed by atoms with E-state index >= 15 is 0 Å². The molecule has 0 bridgehead atoms. The number of hydrogen-bond donors (Lipinski definition) is 0. The smallest absolute Gasteiger partial charge is 0.0580 e. The third kappa shape index (κ3) is 1.63. The van der Waals surface area contributed by atoms with E-state index < -0.39 is 0 Å². The summed E-state index contributed by atoms with van der Waals surface area (Å²) in [6, 6.07) is 0. The lowest BCUT2D eigenvalue weighted by atomic mass is 9.91. The summed E-state index contributed by atoms with van der Waals surface area (Å²) in [4.78, 5) is 0.